The van der Waals surface area contributed by atoms with Gasteiger partial charge in [-0.15, -0.1) is 0 Å². The van der Waals surface area contributed by atoms with Gasteiger partial charge in [0.25, 0.3) is 5.91 Å². The fourth-order valence-electron chi connectivity index (χ4n) is 3.03. The van der Waals surface area contributed by atoms with Gasteiger partial charge in [-0.05, 0) is 55.8 Å². The Balaban J connectivity index is 1.83. The predicted molar refractivity (Wildman–Crippen MR) is 117 cm³/mol. The lowest BCUT2D eigenvalue weighted by Gasteiger charge is -2.12. The predicted octanol–water partition coefficient (Wildman–Crippen LogP) is 3.14. The molecule has 1 aliphatic heterocycles. The molecule has 0 saturated carbocycles. The summed E-state index contributed by atoms with van der Waals surface area (Å²) in [5.74, 6) is -1.22. The van der Waals surface area contributed by atoms with Crippen LogP contribution in [0.5, 0.6) is 11.5 Å². The summed E-state index contributed by atoms with van der Waals surface area (Å²) in [7, 11) is 1.47. The van der Waals surface area contributed by atoms with Crippen LogP contribution in [0.1, 0.15) is 29.8 Å². The molecule has 2 aromatic carbocycles. The Bertz CT molecular complexity index is 1120. The summed E-state index contributed by atoms with van der Waals surface area (Å²) in [6.07, 6.45) is 1.65. The zero-order valence-electron chi connectivity index (χ0n) is 17.8. The number of rotatable bonds is 8. The molecule has 0 spiro atoms. The van der Waals surface area contributed by atoms with E-state index in [0.29, 0.717) is 34.0 Å². The Morgan fingerprint density at radius 3 is 2.62 bits per heavy atom. The summed E-state index contributed by atoms with van der Waals surface area (Å²) in [6.45, 7) is 3.41. The maximum absolute atomic E-state index is 13.0. The molecule has 2 aromatic rings. The van der Waals surface area contributed by atoms with E-state index >= 15 is 0 Å². The third-order valence-electron chi connectivity index (χ3n) is 4.55. The number of amides is 1. The highest BCUT2D eigenvalue weighted by Crippen LogP contribution is 2.31. The zero-order valence-corrected chi connectivity index (χ0v) is 17.8. The fraction of sp³-hybridized carbons (Fsp3) is 0.217. The molecule has 1 heterocycles. The third-order valence-corrected chi connectivity index (χ3v) is 4.55. The molecule has 9 nitrogen and oxygen atoms in total. The van der Waals surface area contributed by atoms with Crippen molar-refractivity contribution in [1.82, 2.24) is 0 Å². The van der Waals surface area contributed by atoms with Crippen LogP contribution in [0.4, 0.5) is 5.69 Å². The lowest BCUT2D eigenvalue weighted by atomic mass is 10.1. The molecule has 0 atom stereocenters. The number of anilines is 1. The number of carboxylic acids is 1. The van der Waals surface area contributed by atoms with Crippen molar-refractivity contribution in [3.8, 4) is 11.5 Å². The normalized spacial score (nSPS) is 14.3. The summed E-state index contributed by atoms with van der Waals surface area (Å²) in [6, 6.07) is 11.0. The smallest absolute Gasteiger partial charge is 0.344 e. The van der Waals surface area contributed by atoms with Gasteiger partial charge >= 0.3 is 11.9 Å². The van der Waals surface area contributed by atoms with E-state index in [9.17, 15) is 19.5 Å². The maximum Gasteiger partial charge on any atom is 0.344 e. The minimum absolute atomic E-state index is 0.0590. The number of hydrogen-bond acceptors (Lipinski definition) is 7. The van der Waals surface area contributed by atoms with Crippen LogP contribution in [-0.2, 0) is 14.3 Å². The molecule has 0 unspecified atom stereocenters. The molecule has 0 bridgehead atoms. The van der Waals surface area contributed by atoms with Crippen LogP contribution in [0.3, 0.4) is 0 Å². The SMILES string of the molecule is CCOC(=O)COc1ccc(/C=C2\C(=O)N(c3cccc(C(=O)O)c3)N=C2C)cc1OC. The van der Waals surface area contributed by atoms with Gasteiger partial charge in [0.15, 0.2) is 18.1 Å². The molecule has 0 radical (unpaired) electrons. The molecule has 0 aromatic heterocycles. The average molecular weight is 438 g/mol. The molecular formula is C23H22N2O7. The van der Waals surface area contributed by atoms with Crippen LogP contribution in [0.15, 0.2) is 53.1 Å². The highest BCUT2D eigenvalue weighted by atomic mass is 16.6. The maximum atomic E-state index is 13.0. The number of carbonyl (C=O) groups is 3. The third kappa shape index (κ3) is 4.94. The minimum Gasteiger partial charge on any atom is -0.493 e. The van der Waals surface area contributed by atoms with Crippen LogP contribution >= 0.6 is 0 Å². The first-order valence-electron chi connectivity index (χ1n) is 9.75. The van der Waals surface area contributed by atoms with Gasteiger partial charge < -0.3 is 19.3 Å². The number of esters is 1. The van der Waals surface area contributed by atoms with Crippen LogP contribution in [0.25, 0.3) is 6.08 Å². The number of benzene rings is 2. The lowest BCUT2D eigenvalue weighted by molar-refractivity contribution is -0.145. The average Bonchev–Trinajstić information content (AvgIpc) is 3.06. The Morgan fingerprint density at radius 1 is 1.16 bits per heavy atom. The molecule has 0 saturated heterocycles. The highest BCUT2D eigenvalue weighted by Gasteiger charge is 2.29. The highest BCUT2D eigenvalue weighted by molar-refractivity contribution is 6.32. The van der Waals surface area contributed by atoms with Crippen molar-refractivity contribution < 1.29 is 33.7 Å². The summed E-state index contributed by atoms with van der Waals surface area (Å²) in [5.41, 5.74) is 1.91. The standard InChI is InChI=1S/C23H22N2O7/c1-4-31-21(26)13-32-19-9-8-15(11-20(19)30-3)10-18-14(2)24-25(22(18)27)17-7-5-6-16(12-17)23(28)29/h5-12H,4,13H2,1-3H3,(H,28,29)/b18-10-. The van der Waals surface area contributed by atoms with Gasteiger partial charge in [-0.1, -0.05) is 12.1 Å². The molecule has 1 N–H and O–H groups in total. The molecule has 1 aliphatic rings. The van der Waals surface area contributed by atoms with Crippen molar-refractivity contribution >= 4 is 35.3 Å². The van der Waals surface area contributed by atoms with E-state index in [0.717, 1.165) is 0 Å². The quantitative estimate of drug-likeness (QED) is 0.497. The van der Waals surface area contributed by atoms with Crippen molar-refractivity contribution in [2.75, 3.05) is 25.3 Å². The van der Waals surface area contributed by atoms with Gasteiger partial charge in [0, 0.05) is 0 Å². The van der Waals surface area contributed by atoms with Crippen molar-refractivity contribution in [3.05, 3.63) is 59.2 Å². The molecular weight excluding hydrogens is 416 g/mol. The number of hydrazone groups is 1. The molecule has 1 amide bonds. The van der Waals surface area contributed by atoms with Crippen LogP contribution in [0.2, 0.25) is 0 Å². The van der Waals surface area contributed by atoms with Gasteiger partial charge in [-0.3, -0.25) is 4.79 Å². The lowest BCUT2D eigenvalue weighted by Crippen LogP contribution is -2.21. The van der Waals surface area contributed by atoms with E-state index < -0.39 is 11.9 Å². The van der Waals surface area contributed by atoms with E-state index in [1.807, 2.05) is 0 Å². The molecule has 32 heavy (non-hydrogen) atoms. The monoisotopic (exact) mass is 438 g/mol. The topological polar surface area (TPSA) is 115 Å². The van der Waals surface area contributed by atoms with E-state index in [4.69, 9.17) is 14.2 Å². The molecule has 0 fully saturated rings. The number of ether oxygens (including phenoxy) is 3. The van der Waals surface area contributed by atoms with Crippen LogP contribution in [0, 0.1) is 0 Å². The van der Waals surface area contributed by atoms with Gasteiger partial charge in [0.1, 0.15) is 0 Å². The fourth-order valence-corrected chi connectivity index (χ4v) is 3.03. The van der Waals surface area contributed by atoms with Gasteiger partial charge in [0.2, 0.25) is 0 Å². The number of methoxy groups -OCH3 is 1. The number of carbonyl (C=O) groups excluding carboxylic acids is 2. The first kappa shape index (κ1) is 22.5. The first-order valence-corrected chi connectivity index (χ1v) is 9.75. The number of hydrogen-bond donors (Lipinski definition) is 1. The Labute approximate surface area is 184 Å². The van der Waals surface area contributed by atoms with Gasteiger partial charge in [-0.2, -0.15) is 10.1 Å². The Kier molecular flexibility index (Phi) is 6.89. The Hall–Kier alpha value is -4.14. The van der Waals surface area contributed by atoms with E-state index in [2.05, 4.69) is 5.10 Å². The van der Waals surface area contributed by atoms with Crippen molar-refractivity contribution in [1.29, 1.82) is 0 Å². The minimum atomic E-state index is -1.09. The zero-order chi connectivity index (χ0) is 23.3. The summed E-state index contributed by atoms with van der Waals surface area (Å²) in [4.78, 5) is 35.7. The van der Waals surface area contributed by atoms with Crippen LogP contribution in [-0.4, -0.2) is 49.0 Å². The van der Waals surface area contributed by atoms with Crippen molar-refractivity contribution in [3.63, 3.8) is 0 Å². The summed E-state index contributed by atoms with van der Waals surface area (Å²) in [5, 5.41) is 14.6. The molecule has 3 rings (SSSR count). The largest absolute Gasteiger partial charge is 0.493 e. The van der Waals surface area contributed by atoms with Crippen molar-refractivity contribution in [2.24, 2.45) is 5.10 Å². The second kappa shape index (κ2) is 9.78. The van der Waals surface area contributed by atoms with Crippen LogP contribution < -0.4 is 14.5 Å². The number of carboxylic acid groups (broad SMARTS) is 1. The second-order valence-electron chi connectivity index (χ2n) is 6.72. The van der Waals surface area contributed by atoms with Gasteiger partial charge in [0.05, 0.1) is 36.3 Å². The summed E-state index contributed by atoms with van der Waals surface area (Å²) < 4.78 is 15.6. The molecule has 9 heteroatoms. The number of aromatic carboxylic acids is 1. The van der Waals surface area contributed by atoms with E-state index in [-0.39, 0.29) is 24.7 Å². The Morgan fingerprint density at radius 2 is 1.94 bits per heavy atom. The van der Waals surface area contributed by atoms with E-state index in [1.165, 1.54) is 24.3 Å². The van der Waals surface area contributed by atoms with E-state index in [1.54, 1.807) is 50.3 Å². The molecule has 0 aliphatic carbocycles. The number of nitrogens with zero attached hydrogens (tertiary/aromatic N) is 2. The van der Waals surface area contributed by atoms with Gasteiger partial charge in [-0.25, -0.2) is 9.59 Å². The van der Waals surface area contributed by atoms with Crippen molar-refractivity contribution in [2.45, 2.75) is 13.8 Å². The molecule has 166 valence electrons. The summed E-state index contributed by atoms with van der Waals surface area (Å²) >= 11 is 0. The second-order valence-corrected chi connectivity index (χ2v) is 6.72. The first-order chi connectivity index (χ1) is 15.3.